The van der Waals surface area contributed by atoms with Crippen molar-refractivity contribution in [2.24, 2.45) is 0 Å². The van der Waals surface area contributed by atoms with Crippen LogP contribution in [-0.2, 0) is 16.8 Å². The molecule has 162 valence electrons. The van der Waals surface area contributed by atoms with Crippen LogP contribution in [0, 0.1) is 0 Å². The van der Waals surface area contributed by atoms with Crippen LogP contribution < -0.4 is 15.4 Å². The molecule has 31 heavy (non-hydrogen) atoms. The van der Waals surface area contributed by atoms with Crippen molar-refractivity contribution in [3.05, 3.63) is 82.2 Å². The minimum absolute atomic E-state index is 0.0135. The summed E-state index contributed by atoms with van der Waals surface area (Å²) in [5.74, 6) is 0.547. The summed E-state index contributed by atoms with van der Waals surface area (Å²) in [5, 5.41) is 5.52. The predicted molar refractivity (Wildman–Crippen MR) is 123 cm³/mol. The normalized spacial score (nSPS) is 11.1. The minimum Gasteiger partial charge on any atom is -0.483 e. The van der Waals surface area contributed by atoms with E-state index >= 15 is 0 Å². The van der Waals surface area contributed by atoms with E-state index in [4.69, 9.17) is 9.15 Å². The average Bonchev–Trinajstić information content (AvgIpc) is 3.24. The van der Waals surface area contributed by atoms with Crippen molar-refractivity contribution in [2.45, 2.75) is 32.7 Å². The largest absolute Gasteiger partial charge is 0.483 e. The van der Waals surface area contributed by atoms with E-state index in [0.29, 0.717) is 22.8 Å². The van der Waals surface area contributed by atoms with E-state index in [9.17, 15) is 9.59 Å². The number of anilines is 1. The van der Waals surface area contributed by atoms with Gasteiger partial charge in [0.15, 0.2) is 6.61 Å². The van der Waals surface area contributed by atoms with Crippen molar-refractivity contribution in [1.82, 2.24) is 5.32 Å². The molecule has 0 aliphatic heterocycles. The van der Waals surface area contributed by atoms with Crippen molar-refractivity contribution in [3.63, 3.8) is 0 Å². The zero-order chi connectivity index (χ0) is 22.4. The first-order valence-corrected chi connectivity index (χ1v) is 10.7. The number of hydrogen-bond donors (Lipinski definition) is 2. The second kappa shape index (κ2) is 9.83. The Kier molecular flexibility index (Phi) is 7.17. The number of carbonyl (C=O) groups excluding carboxylic acids is 2. The highest BCUT2D eigenvalue weighted by molar-refractivity contribution is 9.10. The van der Waals surface area contributed by atoms with Crippen molar-refractivity contribution >= 4 is 33.4 Å². The smallest absolute Gasteiger partial charge is 0.262 e. The van der Waals surface area contributed by atoms with Crippen LogP contribution in [0.25, 0.3) is 0 Å². The van der Waals surface area contributed by atoms with Gasteiger partial charge in [-0.2, -0.15) is 0 Å². The van der Waals surface area contributed by atoms with Crippen molar-refractivity contribution < 1.29 is 18.7 Å². The van der Waals surface area contributed by atoms with Gasteiger partial charge in [0, 0.05) is 0 Å². The lowest BCUT2D eigenvalue weighted by atomic mass is 9.87. The van der Waals surface area contributed by atoms with Crippen LogP contribution in [0.3, 0.4) is 0 Å². The molecule has 6 nitrogen and oxygen atoms in total. The molecule has 0 unspecified atom stereocenters. The van der Waals surface area contributed by atoms with Gasteiger partial charge in [-0.1, -0.05) is 39.0 Å². The van der Waals surface area contributed by atoms with E-state index in [1.54, 1.807) is 42.7 Å². The minimum atomic E-state index is -0.363. The van der Waals surface area contributed by atoms with Crippen LogP contribution in [0.2, 0.25) is 0 Å². The van der Waals surface area contributed by atoms with Gasteiger partial charge in [-0.3, -0.25) is 9.59 Å². The topological polar surface area (TPSA) is 80.6 Å². The van der Waals surface area contributed by atoms with Crippen LogP contribution in [0.1, 0.15) is 42.5 Å². The van der Waals surface area contributed by atoms with Gasteiger partial charge in [0.05, 0.1) is 28.5 Å². The lowest BCUT2D eigenvalue weighted by molar-refractivity contribution is -0.118. The lowest BCUT2D eigenvalue weighted by Crippen LogP contribution is -2.26. The molecule has 0 saturated heterocycles. The van der Waals surface area contributed by atoms with Gasteiger partial charge in [0.25, 0.3) is 11.8 Å². The molecule has 7 heteroatoms. The molecule has 1 heterocycles. The fourth-order valence-corrected chi connectivity index (χ4v) is 3.37. The number of amides is 2. The Labute approximate surface area is 190 Å². The molecule has 0 radical (unpaired) electrons. The summed E-state index contributed by atoms with van der Waals surface area (Å²) in [6.07, 6.45) is 1.55. The molecule has 0 saturated carbocycles. The van der Waals surface area contributed by atoms with Gasteiger partial charge < -0.3 is 19.8 Å². The fraction of sp³-hybridized carbons (Fsp3) is 0.250. The number of furan rings is 1. The standard InChI is InChI=1S/C24H25BrN2O4/c1-24(2,3)16-10-11-21(19(25)13-16)31-15-22(28)27-20-9-5-4-8-18(20)23(29)26-14-17-7-6-12-30-17/h4-13H,14-15H2,1-3H3,(H,26,29)(H,27,28). The third-order valence-electron chi connectivity index (χ3n) is 4.61. The Hall–Kier alpha value is -3.06. The molecule has 0 bridgehead atoms. The first-order chi connectivity index (χ1) is 14.7. The van der Waals surface area contributed by atoms with Crippen LogP contribution in [0.5, 0.6) is 5.75 Å². The zero-order valence-corrected chi connectivity index (χ0v) is 19.3. The Morgan fingerprint density at radius 3 is 2.52 bits per heavy atom. The van der Waals surface area contributed by atoms with E-state index in [2.05, 4.69) is 47.3 Å². The van der Waals surface area contributed by atoms with Crippen LogP contribution in [0.15, 0.2) is 69.8 Å². The summed E-state index contributed by atoms with van der Waals surface area (Å²) in [6.45, 7) is 6.46. The number of ether oxygens (including phenoxy) is 1. The van der Waals surface area contributed by atoms with Gasteiger partial charge in [0.2, 0.25) is 0 Å². The van der Waals surface area contributed by atoms with Crippen molar-refractivity contribution in [1.29, 1.82) is 0 Å². The monoisotopic (exact) mass is 484 g/mol. The van der Waals surface area contributed by atoms with E-state index in [1.165, 1.54) is 0 Å². The number of para-hydroxylation sites is 1. The molecule has 0 spiro atoms. The molecular weight excluding hydrogens is 460 g/mol. The first kappa shape index (κ1) is 22.6. The van der Waals surface area contributed by atoms with Crippen molar-refractivity contribution in [3.8, 4) is 5.75 Å². The van der Waals surface area contributed by atoms with Gasteiger partial charge in [-0.05, 0) is 63.3 Å². The highest BCUT2D eigenvalue weighted by Crippen LogP contribution is 2.31. The molecule has 0 atom stereocenters. The maximum absolute atomic E-state index is 12.5. The number of benzene rings is 2. The number of rotatable bonds is 7. The number of hydrogen-bond acceptors (Lipinski definition) is 4. The number of nitrogens with one attached hydrogen (secondary N) is 2. The van der Waals surface area contributed by atoms with E-state index < -0.39 is 0 Å². The second-order valence-electron chi connectivity index (χ2n) is 8.04. The van der Waals surface area contributed by atoms with Gasteiger partial charge >= 0.3 is 0 Å². The summed E-state index contributed by atoms with van der Waals surface area (Å²) < 4.78 is 11.7. The SMILES string of the molecule is CC(C)(C)c1ccc(OCC(=O)Nc2ccccc2C(=O)NCc2ccco2)c(Br)c1. The van der Waals surface area contributed by atoms with E-state index in [0.717, 1.165) is 10.0 Å². The molecule has 1 aromatic heterocycles. The zero-order valence-electron chi connectivity index (χ0n) is 17.7. The summed E-state index contributed by atoms with van der Waals surface area (Å²) in [5.41, 5.74) is 1.94. The van der Waals surface area contributed by atoms with Gasteiger partial charge in [-0.25, -0.2) is 0 Å². The third-order valence-corrected chi connectivity index (χ3v) is 5.23. The van der Waals surface area contributed by atoms with Crippen LogP contribution in [0.4, 0.5) is 5.69 Å². The van der Waals surface area contributed by atoms with Crippen molar-refractivity contribution in [2.75, 3.05) is 11.9 Å². The van der Waals surface area contributed by atoms with Gasteiger partial charge in [0.1, 0.15) is 11.5 Å². The lowest BCUT2D eigenvalue weighted by Gasteiger charge is -2.20. The predicted octanol–water partition coefficient (Wildman–Crippen LogP) is 5.29. The molecule has 2 N–H and O–H groups in total. The molecule has 3 rings (SSSR count). The highest BCUT2D eigenvalue weighted by Gasteiger charge is 2.17. The Bertz CT molecular complexity index is 1060. The second-order valence-corrected chi connectivity index (χ2v) is 8.89. The summed E-state index contributed by atoms with van der Waals surface area (Å²) in [4.78, 5) is 25.0. The first-order valence-electron chi connectivity index (χ1n) is 9.86. The van der Waals surface area contributed by atoms with E-state index in [-0.39, 0.29) is 30.4 Å². The molecule has 0 aliphatic rings. The molecule has 2 amide bonds. The molecule has 0 aliphatic carbocycles. The quantitative estimate of drug-likeness (QED) is 0.477. The van der Waals surface area contributed by atoms with Crippen LogP contribution >= 0.6 is 15.9 Å². The number of halogens is 1. The average molecular weight is 485 g/mol. The highest BCUT2D eigenvalue weighted by atomic mass is 79.9. The van der Waals surface area contributed by atoms with Crippen LogP contribution in [-0.4, -0.2) is 18.4 Å². The summed E-state index contributed by atoms with van der Waals surface area (Å²) in [7, 11) is 0. The summed E-state index contributed by atoms with van der Waals surface area (Å²) >= 11 is 3.50. The Morgan fingerprint density at radius 1 is 1.06 bits per heavy atom. The Balaban J connectivity index is 1.60. The Morgan fingerprint density at radius 2 is 1.84 bits per heavy atom. The molecule has 2 aromatic carbocycles. The third kappa shape index (κ3) is 6.21. The molecular formula is C24H25BrN2O4. The fourth-order valence-electron chi connectivity index (χ4n) is 2.88. The van der Waals surface area contributed by atoms with E-state index in [1.807, 2.05) is 18.2 Å². The summed E-state index contributed by atoms with van der Waals surface area (Å²) in [6, 6.07) is 16.2. The molecule has 0 fully saturated rings. The molecule has 3 aromatic rings. The van der Waals surface area contributed by atoms with Gasteiger partial charge in [-0.15, -0.1) is 0 Å². The maximum atomic E-state index is 12.5. The maximum Gasteiger partial charge on any atom is 0.262 e. The number of carbonyl (C=O) groups is 2.